The fraction of sp³-hybridized carbons (Fsp3) is 0.0690. The maximum Gasteiger partial charge on any atom is 0 e. The number of hydrogen-bond acceptors (Lipinski definition) is 0. The van der Waals surface area contributed by atoms with Crippen LogP contribution in [0.2, 0.25) is 0 Å². The molecule has 0 spiro atoms. The number of aryl methyl sites for hydroxylation is 1. The van der Waals surface area contributed by atoms with Crippen molar-refractivity contribution >= 4 is 30.0 Å². The minimum atomic E-state index is 0. The summed E-state index contributed by atoms with van der Waals surface area (Å²) in [6, 6.07) is 39.8. The first-order valence-electron chi connectivity index (χ1n) is 10.3. The first-order valence-corrected chi connectivity index (χ1v) is 11.3. The molecule has 5 aromatic carbocycles. The van der Waals surface area contributed by atoms with Gasteiger partial charge in [-0.1, -0.05) is 78.7 Å². The summed E-state index contributed by atoms with van der Waals surface area (Å²) in [7, 11) is 0.754. The van der Waals surface area contributed by atoms with Crippen LogP contribution in [-0.4, -0.2) is 0 Å². The molecule has 5 aromatic rings. The molecule has 0 bridgehead atoms. The summed E-state index contributed by atoms with van der Waals surface area (Å²) in [5, 5.41) is 5.68. The second-order valence-electron chi connectivity index (χ2n) is 7.68. The van der Waals surface area contributed by atoms with Crippen molar-refractivity contribution in [3.05, 3.63) is 126 Å². The van der Waals surface area contributed by atoms with E-state index in [4.69, 9.17) is 0 Å². The van der Waals surface area contributed by atoms with E-state index < -0.39 is 0 Å². The molecule has 0 radical (unpaired) electrons. The Morgan fingerprint density at radius 1 is 0.774 bits per heavy atom. The number of rotatable bonds is 2. The van der Waals surface area contributed by atoms with Gasteiger partial charge in [-0.2, -0.15) is 29.8 Å². The van der Waals surface area contributed by atoms with Gasteiger partial charge in [0.25, 0.3) is 0 Å². The Morgan fingerprint density at radius 3 is 2.35 bits per heavy atom. The molecule has 6 rings (SSSR count). The van der Waals surface area contributed by atoms with Crippen LogP contribution in [0, 0.1) is 13.0 Å². The van der Waals surface area contributed by atoms with Gasteiger partial charge in [-0.25, -0.2) is 0 Å². The van der Waals surface area contributed by atoms with E-state index in [9.17, 15) is 0 Å². The third-order valence-corrected chi connectivity index (χ3v) is 7.19. The Balaban J connectivity index is 0.000000149. The zero-order valence-electron chi connectivity index (χ0n) is 17.5. The molecule has 0 amide bonds. The zero-order valence-corrected chi connectivity index (χ0v) is 22.1. The molecular weight excluding hydrogens is 558 g/mol. The Labute approximate surface area is 205 Å². The number of hydrogen-bond donors (Lipinski definition) is 0. The van der Waals surface area contributed by atoms with Crippen LogP contribution in [0.4, 0.5) is 0 Å². The molecular formula is C29H23HfP-2. The Morgan fingerprint density at radius 2 is 1.48 bits per heavy atom. The molecule has 0 saturated heterocycles. The second-order valence-corrected chi connectivity index (χ2v) is 9.00. The van der Waals surface area contributed by atoms with Crippen molar-refractivity contribution in [2.75, 3.05) is 0 Å². The van der Waals surface area contributed by atoms with Crippen molar-refractivity contribution in [2.24, 2.45) is 0 Å². The van der Waals surface area contributed by atoms with Crippen LogP contribution in [0.15, 0.2) is 103 Å². The maximum absolute atomic E-state index is 3.30. The Kier molecular flexibility index (Phi) is 7.06. The average Bonchev–Trinajstić information content (AvgIpc) is 3.32. The number of benzene rings is 4. The molecule has 150 valence electrons. The average molecular weight is 581 g/mol. The van der Waals surface area contributed by atoms with Gasteiger partial charge in [0, 0.05) is 25.8 Å². The molecule has 0 heterocycles. The summed E-state index contributed by atoms with van der Waals surface area (Å²) < 4.78 is 0. The molecule has 2 heteroatoms. The molecule has 1 aliphatic carbocycles. The molecule has 1 unspecified atom stereocenters. The van der Waals surface area contributed by atoms with E-state index in [0.717, 1.165) is 15.0 Å². The van der Waals surface area contributed by atoms with Crippen molar-refractivity contribution in [1.29, 1.82) is 0 Å². The molecule has 0 aromatic heterocycles. The fourth-order valence-electron chi connectivity index (χ4n) is 4.20. The first-order chi connectivity index (χ1) is 14.8. The van der Waals surface area contributed by atoms with Crippen molar-refractivity contribution in [2.45, 2.75) is 13.3 Å². The van der Waals surface area contributed by atoms with E-state index in [-0.39, 0.29) is 25.8 Å². The van der Waals surface area contributed by atoms with Gasteiger partial charge in [-0.3, -0.25) is 0 Å². The van der Waals surface area contributed by atoms with Crippen molar-refractivity contribution in [1.82, 2.24) is 0 Å². The van der Waals surface area contributed by atoms with Crippen molar-refractivity contribution in [3.8, 4) is 11.1 Å². The molecule has 1 aliphatic rings. The third-order valence-electron chi connectivity index (χ3n) is 5.66. The van der Waals surface area contributed by atoms with Crippen molar-refractivity contribution < 1.29 is 25.8 Å². The van der Waals surface area contributed by atoms with E-state index in [2.05, 4.69) is 110 Å². The predicted molar refractivity (Wildman–Crippen MR) is 132 cm³/mol. The summed E-state index contributed by atoms with van der Waals surface area (Å²) in [6.07, 6.45) is 1.05. The second kappa shape index (κ2) is 9.94. The van der Waals surface area contributed by atoms with Gasteiger partial charge in [0.05, 0.1) is 0 Å². The molecule has 0 fully saturated rings. The van der Waals surface area contributed by atoms with Gasteiger partial charge in [-0.15, -0.1) is 60.1 Å². The van der Waals surface area contributed by atoms with Crippen molar-refractivity contribution in [3.63, 3.8) is 0 Å². The first kappa shape index (κ1) is 22.0. The Hall–Kier alpha value is -2.21. The largest absolute Gasteiger partial charge is 0.179 e. The SMILES string of the molecule is Cc1[cH-]c2ccccc2c1Pc1ccccc1.[Hf].[c-]1cccc2c1Cc1ccccc1-2. The minimum absolute atomic E-state index is 0. The summed E-state index contributed by atoms with van der Waals surface area (Å²) in [5.74, 6) is 0. The van der Waals surface area contributed by atoms with Gasteiger partial charge in [0.2, 0.25) is 0 Å². The summed E-state index contributed by atoms with van der Waals surface area (Å²) >= 11 is 0. The van der Waals surface area contributed by atoms with E-state index in [1.165, 1.54) is 49.2 Å². The van der Waals surface area contributed by atoms with E-state index in [0.29, 0.717) is 0 Å². The van der Waals surface area contributed by atoms with Crippen LogP contribution in [0.25, 0.3) is 21.9 Å². The predicted octanol–water partition coefficient (Wildman–Crippen LogP) is 6.55. The quantitative estimate of drug-likeness (QED) is 0.124. The van der Waals surface area contributed by atoms with Gasteiger partial charge in [0.1, 0.15) is 0 Å². The summed E-state index contributed by atoms with van der Waals surface area (Å²) in [6.45, 7) is 2.21. The fourth-order valence-corrected chi connectivity index (χ4v) is 5.48. The van der Waals surface area contributed by atoms with E-state index in [1.54, 1.807) is 0 Å². The molecule has 0 N–H and O–H groups in total. The van der Waals surface area contributed by atoms with Gasteiger partial charge < -0.3 is 0 Å². The smallest absolute Gasteiger partial charge is 0 e. The number of fused-ring (bicyclic) bond motifs is 4. The maximum atomic E-state index is 3.30. The van der Waals surface area contributed by atoms with Crippen LogP contribution >= 0.6 is 8.58 Å². The van der Waals surface area contributed by atoms with Gasteiger partial charge >= 0.3 is 0 Å². The van der Waals surface area contributed by atoms with Gasteiger partial charge in [0.15, 0.2) is 0 Å². The molecule has 1 atom stereocenters. The molecule has 0 nitrogen and oxygen atoms in total. The summed E-state index contributed by atoms with van der Waals surface area (Å²) in [5.41, 5.74) is 6.92. The monoisotopic (exact) mass is 582 g/mol. The molecule has 0 saturated carbocycles. The van der Waals surface area contributed by atoms with Gasteiger partial charge in [-0.05, 0) is 11.7 Å². The van der Waals surface area contributed by atoms with Crippen LogP contribution in [0.3, 0.4) is 0 Å². The third kappa shape index (κ3) is 4.69. The topological polar surface area (TPSA) is 0 Å². The van der Waals surface area contributed by atoms with Crippen LogP contribution < -0.4 is 10.6 Å². The standard InChI is InChI=1S/C16H14P.C13H9.Hf/c1-12-11-13-7-5-6-10-15(13)16(12)17-14-8-3-2-4-9-14;1-3-7-12-10(5-1)9-11-6-2-4-8-13(11)12;/h2-11,17H,1H3;1-5,7-8H,9H2;/q2*-1;. The summed E-state index contributed by atoms with van der Waals surface area (Å²) in [4.78, 5) is 0. The zero-order chi connectivity index (χ0) is 20.3. The molecule has 0 aliphatic heterocycles. The van der Waals surface area contributed by atoms with Crippen LogP contribution in [0.5, 0.6) is 0 Å². The van der Waals surface area contributed by atoms with Crippen LogP contribution in [0.1, 0.15) is 16.7 Å². The normalized spacial score (nSPS) is 11.5. The Bertz CT molecular complexity index is 1260. The molecule has 31 heavy (non-hydrogen) atoms. The minimum Gasteiger partial charge on any atom is -0.179 e. The van der Waals surface area contributed by atoms with E-state index >= 15 is 0 Å². The van der Waals surface area contributed by atoms with Crippen LogP contribution in [-0.2, 0) is 32.3 Å². The van der Waals surface area contributed by atoms with E-state index in [1.807, 2.05) is 6.07 Å².